The molecule has 1 nitrogen and oxygen atoms in total. The Labute approximate surface area is 103 Å². The summed E-state index contributed by atoms with van der Waals surface area (Å²) in [5.41, 5.74) is 6.46. The summed E-state index contributed by atoms with van der Waals surface area (Å²) < 4.78 is 0. The Balaban J connectivity index is 3.33. The summed E-state index contributed by atoms with van der Waals surface area (Å²) in [6, 6.07) is 0.441. The molecule has 0 aliphatic rings. The van der Waals surface area contributed by atoms with Crippen molar-refractivity contribution in [3.8, 4) is 0 Å². The van der Waals surface area contributed by atoms with Crippen molar-refractivity contribution < 1.29 is 0 Å². The minimum Gasteiger partial charge on any atom is -0.328 e. The first-order valence-electron chi connectivity index (χ1n) is 7.27. The largest absolute Gasteiger partial charge is 0.328 e. The van der Waals surface area contributed by atoms with Crippen LogP contribution in [0.1, 0.15) is 85.5 Å². The molecule has 0 amide bonds. The number of unbranched alkanes of at least 4 members (excludes halogenated alkanes) is 3. The van der Waals surface area contributed by atoms with E-state index < -0.39 is 0 Å². The monoisotopic (exact) mass is 227 g/mol. The van der Waals surface area contributed by atoms with Crippen LogP contribution in [0.25, 0.3) is 0 Å². The maximum atomic E-state index is 5.90. The third kappa shape index (κ3) is 9.21. The first-order chi connectivity index (χ1) is 7.52. The highest BCUT2D eigenvalue weighted by atomic mass is 14.6. The zero-order valence-corrected chi connectivity index (χ0v) is 12.0. The van der Waals surface area contributed by atoms with E-state index in [2.05, 4.69) is 27.7 Å². The highest BCUT2D eigenvalue weighted by Gasteiger charge is 2.15. The zero-order valence-electron chi connectivity index (χ0n) is 12.0. The first kappa shape index (κ1) is 16.0. The van der Waals surface area contributed by atoms with Gasteiger partial charge in [0, 0.05) is 6.04 Å². The van der Waals surface area contributed by atoms with E-state index in [9.17, 15) is 0 Å². The van der Waals surface area contributed by atoms with Crippen LogP contribution >= 0.6 is 0 Å². The van der Waals surface area contributed by atoms with Gasteiger partial charge in [-0.1, -0.05) is 59.8 Å². The van der Waals surface area contributed by atoms with Crippen LogP contribution in [0, 0.1) is 5.41 Å². The van der Waals surface area contributed by atoms with Crippen LogP contribution < -0.4 is 5.73 Å². The summed E-state index contributed by atoms with van der Waals surface area (Å²) in [4.78, 5) is 0. The van der Waals surface area contributed by atoms with E-state index >= 15 is 0 Å². The van der Waals surface area contributed by atoms with Crippen molar-refractivity contribution in [1.29, 1.82) is 0 Å². The molecule has 2 N–H and O–H groups in total. The summed E-state index contributed by atoms with van der Waals surface area (Å²) in [6.45, 7) is 9.28. The van der Waals surface area contributed by atoms with Crippen LogP contribution in [0.4, 0.5) is 0 Å². The third-order valence-corrected chi connectivity index (χ3v) is 3.63. The molecule has 16 heavy (non-hydrogen) atoms. The molecule has 1 atom stereocenters. The number of nitrogens with two attached hydrogens (primary N) is 1. The normalized spacial score (nSPS) is 14.1. The third-order valence-electron chi connectivity index (χ3n) is 3.63. The van der Waals surface area contributed by atoms with E-state index in [1.807, 2.05) is 0 Å². The molecule has 0 saturated carbocycles. The Morgan fingerprint density at radius 1 is 0.938 bits per heavy atom. The molecule has 1 unspecified atom stereocenters. The molecule has 98 valence electrons. The Morgan fingerprint density at radius 2 is 1.56 bits per heavy atom. The molecular formula is C15H33N. The molecule has 0 aromatic carbocycles. The molecule has 0 aliphatic heterocycles. The standard InChI is InChI=1S/C15H33N/c1-5-12-15(3,4)13-10-8-7-9-11-14(16)6-2/h14H,5-13,16H2,1-4H3. The lowest BCUT2D eigenvalue weighted by molar-refractivity contribution is 0.291. The summed E-state index contributed by atoms with van der Waals surface area (Å²) in [7, 11) is 0. The molecule has 0 bridgehead atoms. The smallest absolute Gasteiger partial charge is 0.00362 e. The van der Waals surface area contributed by atoms with Crippen molar-refractivity contribution in [3.63, 3.8) is 0 Å². The van der Waals surface area contributed by atoms with Crippen molar-refractivity contribution in [3.05, 3.63) is 0 Å². The fourth-order valence-electron chi connectivity index (χ4n) is 2.37. The fourth-order valence-corrected chi connectivity index (χ4v) is 2.37. The van der Waals surface area contributed by atoms with E-state index in [4.69, 9.17) is 5.73 Å². The van der Waals surface area contributed by atoms with Gasteiger partial charge in [0.15, 0.2) is 0 Å². The van der Waals surface area contributed by atoms with Gasteiger partial charge >= 0.3 is 0 Å². The topological polar surface area (TPSA) is 26.0 Å². The highest BCUT2D eigenvalue weighted by molar-refractivity contribution is 4.67. The Hall–Kier alpha value is -0.0400. The van der Waals surface area contributed by atoms with Crippen LogP contribution in [0.5, 0.6) is 0 Å². The molecule has 0 spiro atoms. The average molecular weight is 227 g/mol. The summed E-state index contributed by atoms with van der Waals surface area (Å²) in [6.07, 6.45) is 11.9. The lowest BCUT2D eigenvalue weighted by Gasteiger charge is -2.23. The van der Waals surface area contributed by atoms with E-state index in [1.54, 1.807) is 0 Å². The Morgan fingerprint density at radius 3 is 2.12 bits per heavy atom. The number of hydrogen-bond donors (Lipinski definition) is 1. The van der Waals surface area contributed by atoms with Gasteiger partial charge in [0.25, 0.3) is 0 Å². The van der Waals surface area contributed by atoms with E-state index in [-0.39, 0.29) is 0 Å². The van der Waals surface area contributed by atoms with Crippen molar-refractivity contribution in [1.82, 2.24) is 0 Å². The van der Waals surface area contributed by atoms with Gasteiger partial charge in [-0.05, 0) is 31.1 Å². The van der Waals surface area contributed by atoms with Gasteiger partial charge in [0.1, 0.15) is 0 Å². The second-order valence-corrected chi connectivity index (χ2v) is 6.04. The minimum atomic E-state index is 0.441. The summed E-state index contributed by atoms with van der Waals surface area (Å²) >= 11 is 0. The molecule has 0 rings (SSSR count). The maximum absolute atomic E-state index is 5.90. The van der Waals surface area contributed by atoms with E-state index in [0.717, 1.165) is 6.42 Å². The number of rotatable bonds is 10. The molecule has 0 saturated heterocycles. The van der Waals surface area contributed by atoms with Crippen molar-refractivity contribution in [2.45, 2.75) is 91.5 Å². The molecule has 0 fully saturated rings. The van der Waals surface area contributed by atoms with Gasteiger partial charge < -0.3 is 5.73 Å². The second-order valence-electron chi connectivity index (χ2n) is 6.04. The lowest BCUT2D eigenvalue weighted by atomic mass is 9.83. The molecule has 0 radical (unpaired) electrons. The minimum absolute atomic E-state index is 0.441. The van der Waals surface area contributed by atoms with Gasteiger partial charge in [0.05, 0.1) is 0 Å². The van der Waals surface area contributed by atoms with Crippen molar-refractivity contribution in [2.24, 2.45) is 11.1 Å². The molecule has 0 heterocycles. The van der Waals surface area contributed by atoms with E-state index in [1.165, 1.54) is 51.4 Å². The maximum Gasteiger partial charge on any atom is 0.00362 e. The average Bonchev–Trinajstić information content (AvgIpc) is 2.22. The van der Waals surface area contributed by atoms with Crippen LogP contribution in [-0.2, 0) is 0 Å². The summed E-state index contributed by atoms with van der Waals surface area (Å²) in [5.74, 6) is 0. The van der Waals surface area contributed by atoms with Gasteiger partial charge in [0.2, 0.25) is 0 Å². The lowest BCUT2D eigenvalue weighted by Crippen LogP contribution is -2.17. The van der Waals surface area contributed by atoms with Crippen molar-refractivity contribution >= 4 is 0 Å². The molecule has 1 heteroatoms. The van der Waals surface area contributed by atoms with Crippen LogP contribution in [0.3, 0.4) is 0 Å². The molecule has 0 aromatic heterocycles. The highest BCUT2D eigenvalue weighted by Crippen LogP contribution is 2.29. The second kappa shape index (κ2) is 9.04. The summed E-state index contributed by atoms with van der Waals surface area (Å²) in [5, 5.41) is 0. The Kier molecular flexibility index (Phi) is 9.02. The van der Waals surface area contributed by atoms with Crippen LogP contribution in [-0.4, -0.2) is 6.04 Å². The molecule has 0 aromatic rings. The van der Waals surface area contributed by atoms with E-state index in [0.29, 0.717) is 11.5 Å². The van der Waals surface area contributed by atoms with Gasteiger partial charge in [-0.3, -0.25) is 0 Å². The predicted molar refractivity (Wildman–Crippen MR) is 74.7 cm³/mol. The van der Waals surface area contributed by atoms with Gasteiger partial charge in [-0.2, -0.15) is 0 Å². The van der Waals surface area contributed by atoms with Crippen LogP contribution in [0.2, 0.25) is 0 Å². The predicted octanol–water partition coefficient (Wildman–Crippen LogP) is 4.89. The molecule has 0 aliphatic carbocycles. The fraction of sp³-hybridized carbons (Fsp3) is 1.00. The quantitative estimate of drug-likeness (QED) is 0.528. The van der Waals surface area contributed by atoms with Gasteiger partial charge in [-0.25, -0.2) is 0 Å². The zero-order chi connectivity index (χ0) is 12.4. The number of hydrogen-bond acceptors (Lipinski definition) is 1. The Bertz CT molecular complexity index is 152. The molecular weight excluding hydrogens is 194 g/mol. The SMILES string of the molecule is CCCC(C)(C)CCCCCCC(N)CC. The van der Waals surface area contributed by atoms with Crippen molar-refractivity contribution in [2.75, 3.05) is 0 Å². The van der Waals surface area contributed by atoms with Gasteiger partial charge in [-0.15, -0.1) is 0 Å². The van der Waals surface area contributed by atoms with Crippen LogP contribution in [0.15, 0.2) is 0 Å². The first-order valence-corrected chi connectivity index (χ1v) is 7.27.